The highest BCUT2D eigenvalue weighted by Gasteiger charge is 2.35. The molecule has 2 amide bonds. The molecule has 1 N–H and O–H groups in total. The van der Waals surface area contributed by atoms with E-state index in [1.165, 1.54) is 0 Å². The molecule has 0 saturated carbocycles. The zero-order valence-corrected chi connectivity index (χ0v) is 12.1. The topological polar surface area (TPSA) is 58.6 Å². The second-order valence-corrected chi connectivity index (χ2v) is 5.32. The molecule has 1 heterocycles. The summed E-state index contributed by atoms with van der Waals surface area (Å²) in [7, 11) is 1.63. The van der Waals surface area contributed by atoms with Gasteiger partial charge in [-0.1, -0.05) is 26.0 Å². The van der Waals surface area contributed by atoms with E-state index < -0.39 is 6.04 Å². The maximum absolute atomic E-state index is 12.5. The molecule has 20 heavy (non-hydrogen) atoms. The summed E-state index contributed by atoms with van der Waals surface area (Å²) in [5, 5.41) is 2.75. The fraction of sp³-hybridized carbons (Fsp3) is 0.467. The Morgan fingerprint density at radius 3 is 2.80 bits per heavy atom. The number of piperazine rings is 1. The second kappa shape index (κ2) is 6.05. The molecule has 0 aliphatic carbocycles. The number of carbonyl (C=O) groups excluding carboxylic acids is 2. The number of anilines is 1. The zero-order chi connectivity index (χ0) is 14.7. The molecule has 1 fully saturated rings. The first-order chi connectivity index (χ1) is 9.52. The van der Waals surface area contributed by atoms with Gasteiger partial charge in [0.2, 0.25) is 11.8 Å². The molecule has 0 spiro atoms. The maximum atomic E-state index is 12.5. The minimum absolute atomic E-state index is 0.0610. The Kier molecular flexibility index (Phi) is 4.39. The monoisotopic (exact) mass is 276 g/mol. The van der Waals surface area contributed by atoms with Crippen molar-refractivity contribution in [3.05, 3.63) is 29.8 Å². The Bertz CT molecular complexity index is 514. The Hall–Kier alpha value is -1.88. The van der Waals surface area contributed by atoms with Crippen LogP contribution in [-0.4, -0.2) is 31.5 Å². The molecular weight excluding hydrogens is 256 g/mol. The van der Waals surface area contributed by atoms with Gasteiger partial charge in [-0.25, -0.2) is 0 Å². The zero-order valence-electron chi connectivity index (χ0n) is 12.1. The summed E-state index contributed by atoms with van der Waals surface area (Å²) in [4.78, 5) is 25.8. The average molecular weight is 276 g/mol. The number of benzene rings is 1. The number of methoxy groups -OCH3 is 1. The second-order valence-electron chi connectivity index (χ2n) is 5.32. The van der Waals surface area contributed by atoms with E-state index in [1.54, 1.807) is 12.0 Å². The van der Waals surface area contributed by atoms with E-state index in [0.717, 1.165) is 11.3 Å². The molecule has 0 radical (unpaired) electrons. The predicted octanol–water partition coefficient (Wildman–Crippen LogP) is 1.32. The van der Waals surface area contributed by atoms with Crippen LogP contribution in [0.1, 0.15) is 19.4 Å². The lowest BCUT2D eigenvalue weighted by molar-refractivity contribution is -0.132. The van der Waals surface area contributed by atoms with Crippen LogP contribution in [0.3, 0.4) is 0 Å². The maximum Gasteiger partial charge on any atom is 0.250 e. The molecule has 5 heteroatoms. The van der Waals surface area contributed by atoms with Crippen molar-refractivity contribution in [2.75, 3.05) is 18.6 Å². The predicted molar refractivity (Wildman–Crippen MR) is 76.3 cm³/mol. The summed E-state index contributed by atoms with van der Waals surface area (Å²) in [5.41, 5.74) is 1.72. The van der Waals surface area contributed by atoms with Crippen LogP contribution >= 0.6 is 0 Å². The summed E-state index contributed by atoms with van der Waals surface area (Å²) in [5.74, 6) is -0.119. The fourth-order valence-electron chi connectivity index (χ4n) is 2.32. The highest BCUT2D eigenvalue weighted by molar-refractivity contribution is 6.06. The van der Waals surface area contributed by atoms with Crippen LogP contribution in [0.15, 0.2) is 24.3 Å². The molecular formula is C15H20N2O3. The van der Waals surface area contributed by atoms with Gasteiger partial charge < -0.3 is 15.0 Å². The van der Waals surface area contributed by atoms with Crippen LogP contribution in [0.25, 0.3) is 0 Å². The molecule has 2 rings (SSSR count). The van der Waals surface area contributed by atoms with E-state index in [-0.39, 0.29) is 24.3 Å². The van der Waals surface area contributed by atoms with Gasteiger partial charge in [0.05, 0.1) is 6.61 Å². The van der Waals surface area contributed by atoms with Gasteiger partial charge in [0.15, 0.2) is 0 Å². The first-order valence-corrected chi connectivity index (χ1v) is 6.71. The molecule has 1 aromatic carbocycles. The summed E-state index contributed by atoms with van der Waals surface area (Å²) in [6, 6.07) is 7.07. The Balaban J connectivity index is 2.28. The first kappa shape index (κ1) is 14.5. The summed E-state index contributed by atoms with van der Waals surface area (Å²) < 4.78 is 5.09. The highest BCUT2D eigenvalue weighted by atomic mass is 16.5. The van der Waals surface area contributed by atoms with Crippen molar-refractivity contribution >= 4 is 17.5 Å². The summed E-state index contributed by atoms with van der Waals surface area (Å²) in [6.07, 6.45) is 0. The third-order valence-corrected chi connectivity index (χ3v) is 3.35. The van der Waals surface area contributed by atoms with Crippen molar-refractivity contribution in [2.24, 2.45) is 5.92 Å². The van der Waals surface area contributed by atoms with Crippen molar-refractivity contribution in [3.8, 4) is 0 Å². The van der Waals surface area contributed by atoms with Gasteiger partial charge in [-0.3, -0.25) is 9.59 Å². The molecule has 1 aliphatic rings. The lowest BCUT2D eigenvalue weighted by Crippen LogP contribution is -2.60. The van der Waals surface area contributed by atoms with Gasteiger partial charge in [-0.15, -0.1) is 0 Å². The number of carbonyl (C=O) groups is 2. The van der Waals surface area contributed by atoms with Crippen LogP contribution in [0.4, 0.5) is 5.69 Å². The molecule has 1 atom stereocenters. The lowest BCUT2D eigenvalue weighted by Gasteiger charge is -2.34. The van der Waals surface area contributed by atoms with Gasteiger partial charge in [0, 0.05) is 12.8 Å². The summed E-state index contributed by atoms with van der Waals surface area (Å²) in [6.45, 7) is 4.40. The lowest BCUT2D eigenvalue weighted by atomic mass is 10.00. The van der Waals surface area contributed by atoms with Gasteiger partial charge in [0.1, 0.15) is 12.6 Å². The number of hydrogen-bond donors (Lipinski definition) is 1. The molecule has 1 unspecified atom stereocenters. The van der Waals surface area contributed by atoms with Crippen LogP contribution in [0, 0.1) is 5.92 Å². The largest absolute Gasteiger partial charge is 0.380 e. The quantitative estimate of drug-likeness (QED) is 0.902. The number of amides is 2. The van der Waals surface area contributed by atoms with Gasteiger partial charge >= 0.3 is 0 Å². The Labute approximate surface area is 118 Å². The van der Waals surface area contributed by atoms with E-state index in [4.69, 9.17) is 4.74 Å². The Morgan fingerprint density at radius 1 is 1.40 bits per heavy atom. The third-order valence-electron chi connectivity index (χ3n) is 3.35. The molecule has 0 aromatic heterocycles. The molecule has 1 saturated heterocycles. The Morgan fingerprint density at radius 2 is 2.15 bits per heavy atom. The van der Waals surface area contributed by atoms with Gasteiger partial charge in [0.25, 0.3) is 0 Å². The van der Waals surface area contributed by atoms with E-state index >= 15 is 0 Å². The SMILES string of the molecule is COCc1cccc(N2CC(=O)NC(C(C)C)C2=O)c1. The minimum Gasteiger partial charge on any atom is -0.380 e. The number of hydrogen-bond acceptors (Lipinski definition) is 3. The number of nitrogens with zero attached hydrogens (tertiary/aromatic N) is 1. The molecule has 1 aliphatic heterocycles. The number of nitrogens with one attached hydrogen (secondary N) is 1. The highest BCUT2D eigenvalue weighted by Crippen LogP contribution is 2.21. The van der Waals surface area contributed by atoms with Crippen molar-refractivity contribution in [1.82, 2.24) is 5.32 Å². The molecule has 0 bridgehead atoms. The summed E-state index contributed by atoms with van der Waals surface area (Å²) >= 11 is 0. The van der Waals surface area contributed by atoms with Crippen LogP contribution in [0.5, 0.6) is 0 Å². The van der Waals surface area contributed by atoms with Gasteiger partial charge in [-0.05, 0) is 23.6 Å². The molecule has 5 nitrogen and oxygen atoms in total. The smallest absolute Gasteiger partial charge is 0.250 e. The van der Waals surface area contributed by atoms with Crippen LogP contribution < -0.4 is 10.2 Å². The first-order valence-electron chi connectivity index (χ1n) is 6.71. The normalized spacial score (nSPS) is 19.4. The van der Waals surface area contributed by atoms with E-state index in [1.807, 2.05) is 38.1 Å². The van der Waals surface area contributed by atoms with E-state index in [9.17, 15) is 9.59 Å². The minimum atomic E-state index is -0.456. The van der Waals surface area contributed by atoms with Crippen molar-refractivity contribution in [3.63, 3.8) is 0 Å². The van der Waals surface area contributed by atoms with Gasteiger partial charge in [-0.2, -0.15) is 0 Å². The van der Waals surface area contributed by atoms with Crippen molar-refractivity contribution in [2.45, 2.75) is 26.5 Å². The molecule has 1 aromatic rings. The standard InChI is InChI=1S/C15H20N2O3/c1-10(2)14-15(19)17(8-13(18)16-14)12-6-4-5-11(7-12)9-20-3/h4-7,10,14H,8-9H2,1-3H3,(H,16,18). The number of ether oxygens (including phenoxy) is 1. The number of rotatable bonds is 4. The third kappa shape index (κ3) is 2.99. The average Bonchev–Trinajstić information content (AvgIpc) is 2.41. The van der Waals surface area contributed by atoms with Crippen LogP contribution in [0.2, 0.25) is 0 Å². The molecule has 108 valence electrons. The van der Waals surface area contributed by atoms with Crippen LogP contribution in [-0.2, 0) is 20.9 Å². The van der Waals surface area contributed by atoms with Crippen molar-refractivity contribution < 1.29 is 14.3 Å². The van der Waals surface area contributed by atoms with E-state index in [0.29, 0.717) is 6.61 Å². The van der Waals surface area contributed by atoms with E-state index in [2.05, 4.69) is 5.32 Å². The van der Waals surface area contributed by atoms with Crippen molar-refractivity contribution in [1.29, 1.82) is 0 Å². The fourth-order valence-corrected chi connectivity index (χ4v) is 2.32.